The third-order valence-corrected chi connectivity index (χ3v) is 4.86. The maximum absolute atomic E-state index is 6.16. The monoisotopic (exact) mass is 365 g/mol. The van der Waals surface area contributed by atoms with E-state index >= 15 is 0 Å². The smallest absolute Gasteiger partial charge is 0.145 e. The Morgan fingerprint density at radius 1 is 1.29 bits per heavy atom. The molecule has 24 heavy (non-hydrogen) atoms. The first-order valence-electron chi connectivity index (χ1n) is 7.97. The summed E-state index contributed by atoms with van der Waals surface area (Å²) in [6, 6.07) is 3.59. The molecule has 2 aromatic rings. The van der Waals surface area contributed by atoms with Gasteiger partial charge in [-0.1, -0.05) is 23.2 Å². The summed E-state index contributed by atoms with van der Waals surface area (Å²) in [5.41, 5.74) is 5.78. The second-order valence-corrected chi connectivity index (χ2v) is 6.94. The Bertz CT molecular complexity index is 796. The number of hydrogen-bond acceptors (Lipinski definition) is 3. The molecular formula is C18H21Cl2N3O. The third kappa shape index (κ3) is 3.61. The van der Waals surface area contributed by atoms with Gasteiger partial charge in [-0.3, -0.25) is 4.68 Å². The van der Waals surface area contributed by atoms with E-state index in [9.17, 15) is 0 Å². The molecule has 0 spiro atoms. The van der Waals surface area contributed by atoms with Gasteiger partial charge in [-0.15, -0.1) is 0 Å². The predicted octanol–water partition coefficient (Wildman–Crippen LogP) is 3.95. The molecule has 4 nitrogen and oxygen atoms in total. The highest BCUT2D eigenvalue weighted by molar-refractivity contribution is 6.36. The van der Waals surface area contributed by atoms with Crippen LogP contribution in [-0.2, 0) is 13.5 Å². The Morgan fingerprint density at radius 2 is 2.08 bits per heavy atom. The van der Waals surface area contributed by atoms with Crippen LogP contribution in [0.25, 0.3) is 6.08 Å². The van der Waals surface area contributed by atoms with Crippen molar-refractivity contribution in [1.82, 2.24) is 15.1 Å². The Balaban J connectivity index is 1.58. The van der Waals surface area contributed by atoms with Crippen molar-refractivity contribution >= 4 is 29.3 Å². The highest BCUT2D eigenvalue weighted by Gasteiger charge is 2.15. The molecule has 0 fully saturated rings. The van der Waals surface area contributed by atoms with Crippen molar-refractivity contribution in [3.8, 4) is 5.75 Å². The van der Waals surface area contributed by atoms with E-state index in [-0.39, 0.29) is 0 Å². The average Bonchev–Trinajstić information content (AvgIpc) is 2.76. The first-order valence-corrected chi connectivity index (χ1v) is 8.72. The molecule has 0 amide bonds. The zero-order chi connectivity index (χ0) is 17.3. The number of rotatable bonds is 5. The molecule has 6 heteroatoms. The van der Waals surface area contributed by atoms with Crippen LogP contribution >= 0.6 is 23.2 Å². The summed E-state index contributed by atoms with van der Waals surface area (Å²) in [7, 11) is 1.98. The van der Waals surface area contributed by atoms with Crippen LogP contribution < -0.4 is 10.1 Å². The van der Waals surface area contributed by atoms with Crippen LogP contribution in [0.5, 0.6) is 5.75 Å². The van der Waals surface area contributed by atoms with Gasteiger partial charge in [0.1, 0.15) is 12.4 Å². The molecule has 0 saturated carbocycles. The van der Waals surface area contributed by atoms with Gasteiger partial charge in [0.05, 0.1) is 10.7 Å². The number of fused-ring (bicyclic) bond motifs is 1. The molecule has 0 bridgehead atoms. The molecule has 2 heterocycles. The molecule has 128 valence electrons. The van der Waals surface area contributed by atoms with Crippen molar-refractivity contribution in [3.63, 3.8) is 0 Å². The minimum atomic E-state index is 0.548. The SMILES string of the molecule is Cc1nn(C)c(C)c1CCNCC1=Cc2cc(Cl)cc(Cl)c2OC1. The van der Waals surface area contributed by atoms with Gasteiger partial charge in [0.2, 0.25) is 0 Å². The molecule has 1 aromatic carbocycles. The number of nitrogens with zero attached hydrogens (tertiary/aromatic N) is 2. The van der Waals surface area contributed by atoms with E-state index in [1.807, 2.05) is 17.8 Å². The van der Waals surface area contributed by atoms with E-state index in [1.165, 1.54) is 16.8 Å². The van der Waals surface area contributed by atoms with Crippen LogP contribution in [0.1, 0.15) is 22.5 Å². The summed E-state index contributed by atoms with van der Waals surface area (Å²) in [5, 5.41) is 9.11. The van der Waals surface area contributed by atoms with Crippen molar-refractivity contribution in [2.75, 3.05) is 19.7 Å². The van der Waals surface area contributed by atoms with Gasteiger partial charge in [0, 0.05) is 29.9 Å². The number of aryl methyl sites for hydroxylation is 2. The molecule has 1 N–H and O–H groups in total. The lowest BCUT2D eigenvalue weighted by Crippen LogP contribution is -2.24. The van der Waals surface area contributed by atoms with E-state index in [0.717, 1.165) is 30.8 Å². The molecular weight excluding hydrogens is 345 g/mol. The van der Waals surface area contributed by atoms with Crippen molar-refractivity contribution in [2.45, 2.75) is 20.3 Å². The Kier molecular flexibility index (Phi) is 5.18. The highest BCUT2D eigenvalue weighted by atomic mass is 35.5. The van der Waals surface area contributed by atoms with Gasteiger partial charge < -0.3 is 10.1 Å². The second-order valence-electron chi connectivity index (χ2n) is 6.10. The summed E-state index contributed by atoms with van der Waals surface area (Å²) in [6.07, 6.45) is 3.07. The van der Waals surface area contributed by atoms with Gasteiger partial charge in [0.15, 0.2) is 0 Å². The first kappa shape index (κ1) is 17.3. The summed E-state index contributed by atoms with van der Waals surface area (Å²) in [5.74, 6) is 0.714. The Morgan fingerprint density at radius 3 is 2.79 bits per heavy atom. The number of benzene rings is 1. The fraction of sp³-hybridized carbons (Fsp3) is 0.389. The summed E-state index contributed by atoms with van der Waals surface area (Å²) in [6.45, 7) is 6.39. The van der Waals surface area contributed by atoms with E-state index in [2.05, 4.69) is 30.3 Å². The van der Waals surface area contributed by atoms with E-state index in [0.29, 0.717) is 22.4 Å². The van der Waals surface area contributed by atoms with Crippen LogP contribution in [0.15, 0.2) is 17.7 Å². The number of ether oxygens (including phenoxy) is 1. The quantitative estimate of drug-likeness (QED) is 0.815. The van der Waals surface area contributed by atoms with Crippen molar-refractivity contribution < 1.29 is 4.74 Å². The fourth-order valence-electron chi connectivity index (χ4n) is 3.01. The normalized spacial score (nSPS) is 13.5. The zero-order valence-corrected chi connectivity index (χ0v) is 15.6. The largest absolute Gasteiger partial charge is 0.487 e. The molecule has 0 unspecified atom stereocenters. The van der Waals surface area contributed by atoms with Crippen molar-refractivity contribution in [3.05, 3.63) is 50.3 Å². The molecule has 0 atom stereocenters. The van der Waals surface area contributed by atoms with Gasteiger partial charge in [-0.25, -0.2) is 0 Å². The van der Waals surface area contributed by atoms with E-state index in [4.69, 9.17) is 27.9 Å². The van der Waals surface area contributed by atoms with Gasteiger partial charge in [0.25, 0.3) is 0 Å². The lowest BCUT2D eigenvalue weighted by Gasteiger charge is -2.19. The number of aromatic nitrogens is 2. The highest BCUT2D eigenvalue weighted by Crippen LogP contribution is 2.36. The molecule has 0 aliphatic carbocycles. The van der Waals surface area contributed by atoms with Crippen molar-refractivity contribution in [2.24, 2.45) is 7.05 Å². The van der Waals surface area contributed by atoms with Crippen LogP contribution in [0.3, 0.4) is 0 Å². The van der Waals surface area contributed by atoms with Gasteiger partial charge >= 0.3 is 0 Å². The maximum Gasteiger partial charge on any atom is 0.145 e. The molecule has 1 aromatic heterocycles. The van der Waals surface area contributed by atoms with E-state index < -0.39 is 0 Å². The topological polar surface area (TPSA) is 39.1 Å². The number of nitrogens with one attached hydrogen (secondary N) is 1. The fourth-order valence-corrected chi connectivity index (χ4v) is 3.57. The summed E-state index contributed by atoms with van der Waals surface area (Å²) >= 11 is 12.2. The summed E-state index contributed by atoms with van der Waals surface area (Å²) < 4.78 is 7.70. The average molecular weight is 366 g/mol. The minimum Gasteiger partial charge on any atom is -0.487 e. The predicted molar refractivity (Wildman–Crippen MR) is 99.2 cm³/mol. The Hall–Kier alpha value is -1.49. The lowest BCUT2D eigenvalue weighted by atomic mass is 10.1. The lowest BCUT2D eigenvalue weighted by molar-refractivity contribution is 0.343. The van der Waals surface area contributed by atoms with Crippen LogP contribution in [0, 0.1) is 13.8 Å². The maximum atomic E-state index is 6.16. The van der Waals surface area contributed by atoms with Crippen LogP contribution in [0.4, 0.5) is 0 Å². The molecule has 3 rings (SSSR count). The molecule has 1 aliphatic rings. The number of halogens is 2. The minimum absolute atomic E-state index is 0.548. The van der Waals surface area contributed by atoms with Crippen LogP contribution in [0.2, 0.25) is 10.0 Å². The number of hydrogen-bond donors (Lipinski definition) is 1. The first-order chi connectivity index (χ1) is 11.5. The van der Waals surface area contributed by atoms with E-state index in [1.54, 1.807) is 6.07 Å². The molecule has 0 saturated heterocycles. The standard InChI is InChI=1S/C18H21Cl2N3O/c1-11-16(12(2)23(3)22-11)4-5-21-9-13-6-14-7-15(19)8-17(20)18(14)24-10-13/h6-8,21H,4-5,9-10H2,1-3H3. The van der Waals surface area contributed by atoms with Gasteiger partial charge in [-0.05, 0) is 56.2 Å². The molecule has 1 aliphatic heterocycles. The Labute approximate surface area is 152 Å². The molecule has 0 radical (unpaired) electrons. The summed E-state index contributed by atoms with van der Waals surface area (Å²) in [4.78, 5) is 0. The second kappa shape index (κ2) is 7.18. The third-order valence-electron chi connectivity index (χ3n) is 4.36. The van der Waals surface area contributed by atoms with Crippen LogP contribution in [-0.4, -0.2) is 29.5 Å². The zero-order valence-electron chi connectivity index (χ0n) is 14.1. The van der Waals surface area contributed by atoms with Crippen molar-refractivity contribution in [1.29, 1.82) is 0 Å². The van der Waals surface area contributed by atoms with Gasteiger partial charge in [-0.2, -0.15) is 5.10 Å².